The number of amides is 1. The van der Waals surface area contributed by atoms with Crippen LogP contribution in [-0.2, 0) is 14.3 Å². The number of ether oxygens (including phenoxy) is 2. The molecule has 0 bridgehead atoms. The van der Waals surface area contributed by atoms with Gasteiger partial charge in [-0.05, 0) is 37.0 Å². The van der Waals surface area contributed by atoms with Crippen molar-refractivity contribution in [3.05, 3.63) is 72.3 Å². The summed E-state index contributed by atoms with van der Waals surface area (Å²) in [5.74, 6) is -0.276. The van der Waals surface area contributed by atoms with Crippen molar-refractivity contribution in [3.8, 4) is 0 Å². The van der Waals surface area contributed by atoms with Crippen LogP contribution in [0.3, 0.4) is 0 Å². The molecule has 2 heterocycles. The molecule has 1 spiro atoms. The van der Waals surface area contributed by atoms with Gasteiger partial charge in [-0.25, -0.2) is 4.39 Å². The highest BCUT2D eigenvalue weighted by Crippen LogP contribution is 2.52. The smallest absolute Gasteiger partial charge is 0.257 e. The van der Waals surface area contributed by atoms with Crippen LogP contribution in [0.25, 0.3) is 0 Å². The van der Waals surface area contributed by atoms with Gasteiger partial charge in [0.2, 0.25) is 0 Å². The van der Waals surface area contributed by atoms with E-state index < -0.39 is 11.4 Å². The van der Waals surface area contributed by atoms with Crippen molar-refractivity contribution >= 4 is 5.91 Å². The normalized spacial score (nSPS) is 32.4. The van der Waals surface area contributed by atoms with Crippen LogP contribution in [0.15, 0.2) is 66.7 Å². The van der Waals surface area contributed by atoms with E-state index in [9.17, 15) is 9.18 Å². The standard InChI is InChI=1S/C23H26FNO3/c1-3-5-11-20(18(24)4-2)27-17-14-23(15-17)22(26)25-19(12-13-21(25)28-23)16-9-7-6-8-10-16/h4-11,17,19,21H,2-3,12-15H2,1H3/b11-5-,20-18-. The third-order valence-corrected chi connectivity index (χ3v) is 5.83. The van der Waals surface area contributed by atoms with E-state index in [0.717, 1.165) is 30.9 Å². The Balaban J connectivity index is 1.44. The Kier molecular flexibility index (Phi) is 5.11. The highest BCUT2D eigenvalue weighted by Gasteiger charge is 2.63. The first kappa shape index (κ1) is 18.9. The van der Waals surface area contributed by atoms with E-state index >= 15 is 0 Å². The molecule has 2 atom stereocenters. The zero-order valence-corrected chi connectivity index (χ0v) is 16.1. The van der Waals surface area contributed by atoms with Crippen molar-refractivity contribution in [1.29, 1.82) is 0 Å². The molecule has 3 aliphatic rings. The molecule has 1 aliphatic carbocycles. The number of rotatable bonds is 6. The van der Waals surface area contributed by atoms with Gasteiger partial charge in [-0.1, -0.05) is 49.9 Å². The number of carbonyl (C=O) groups excluding carboxylic acids is 1. The lowest BCUT2D eigenvalue weighted by Crippen LogP contribution is -2.54. The molecule has 1 aromatic carbocycles. The largest absolute Gasteiger partial charge is 0.487 e. The maximum Gasteiger partial charge on any atom is 0.257 e. The van der Waals surface area contributed by atoms with Gasteiger partial charge >= 0.3 is 0 Å². The minimum Gasteiger partial charge on any atom is -0.487 e. The lowest BCUT2D eigenvalue weighted by atomic mass is 9.76. The van der Waals surface area contributed by atoms with E-state index in [1.807, 2.05) is 36.1 Å². The number of fused-ring (bicyclic) bond motifs is 1. The molecular weight excluding hydrogens is 357 g/mol. The van der Waals surface area contributed by atoms with Crippen LogP contribution >= 0.6 is 0 Å². The Morgan fingerprint density at radius 2 is 2.11 bits per heavy atom. The molecule has 1 saturated carbocycles. The van der Waals surface area contributed by atoms with Gasteiger partial charge in [0.15, 0.2) is 17.2 Å². The maximum absolute atomic E-state index is 14.0. The second kappa shape index (κ2) is 7.55. The van der Waals surface area contributed by atoms with E-state index in [4.69, 9.17) is 9.47 Å². The second-order valence-corrected chi connectivity index (χ2v) is 7.66. The summed E-state index contributed by atoms with van der Waals surface area (Å²) < 4.78 is 26.0. The molecule has 1 amide bonds. The van der Waals surface area contributed by atoms with Crippen LogP contribution < -0.4 is 0 Å². The third-order valence-electron chi connectivity index (χ3n) is 5.83. The van der Waals surface area contributed by atoms with Crippen LogP contribution in [-0.4, -0.2) is 28.7 Å². The van der Waals surface area contributed by atoms with Crippen LogP contribution in [0.5, 0.6) is 0 Å². The molecule has 3 fully saturated rings. The van der Waals surface area contributed by atoms with E-state index in [2.05, 4.69) is 18.7 Å². The van der Waals surface area contributed by atoms with Gasteiger partial charge in [-0.3, -0.25) is 4.79 Å². The van der Waals surface area contributed by atoms with Crippen molar-refractivity contribution in [2.75, 3.05) is 0 Å². The number of carbonyl (C=O) groups is 1. The van der Waals surface area contributed by atoms with Crippen LogP contribution in [0, 0.1) is 0 Å². The van der Waals surface area contributed by atoms with Crippen molar-refractivity contribution in [1.82, 2.24) is 4.90 Å². The predicted octanol–water partition coefficient (Wildman–Crippen LogP) is 4.96. The topological polar surface area (TPSA) is 38.8 Å². The Morgan fingerprint density at radius 3 is 2.79 bits per heavy atom. The van der Waals surface area contributed by atoms with Gasteiger partial charge in [0.05, 0.1) is 6.04 Å². The van der Waals surface area contributed by atoms with Gasteiger partial charge < -0.3 is 14.4 Å². The van der Waals surface area contributed by atoms with Gasteiger partial charge in [0.25, 0.3) is 5.91 Å². The lowest BCUT2D eigenvalue weighted by Gasteiger charge is -2.42. The molecular formula is C23H26FNO3. The molecule has 2 aliphatic heterocycles. The summed E-state index contributed by atoms with van der Waals surface area (Å²) >= 11 is 0. The first-order chi connectivity index (χ1) is 13.6. The SMILES string of the molecule is C=C/C(F)=C(\C=C/CC)OC1CC2(C1)OC1CCC(c3ccccc3)N1C2=O. The van der Waals surface area contributed by atoms with Crippen LogP contribution in [0.1, 0.15) is 50.6 Å². The van der Waals surface area contributed by atoms with Crippen molar-refractivity contribution in [2.45, 2.75) is 63.0 Å². The highest BCUT2D eigenvalue weighted by atomic mass is 19.1. The number of halogens is 1. The summed E-state index contributed by atoms with van der Waals surface area (Å²) in [7, 11) is 0. The summed E-state index contributed by atoms with van der Waals surface area (Å²) in [6, 6.07) is 10.2. The van der Waals surface area contributed by atoms with E-state index in [1.165, 1.54) is 0 Å². The Labute approximate surface area is 165 Å². The minimum atomic E-state index is -0.812. The zero-order chi connectivity index (χ0) is 19.7. The number of benzene rings is 1. The number of nitrogens with zero attached hydrogens (tertiary/aromatic N) is 1. The third kappa shape index (κ3) is 3.18. The number of hydrogen-bond acceptors (Lipinski definition) is 3. The molecule has 5 heteroatoms. The molecule has 4 rings (SSSR count). The summed E-state index contributed by atoms with van der Waals surface area (Å²) in [5.41, 5.74) is 0.335. The Hall–Kier alpha value is -2.40. The molecule has 2 saturated heterocycles. The molecule has 0 aromatic heterocycles. The minimum absolute atomic E-state index is 0.0440. The highest BCUT2D eigenvalue weighted by molar-refractivity contribution is 5.89. The summed E-state index contributed by atoms with van der Waals surface area (Å²) in [6.07, 6.45) is 7.65. The van der Waals surface area contributed by atoms with Gasteiger partial charge in [-0.2, -0.15) is 0 Å². The zero-order valence-electron chi connectivity index (χ0n) is 16.1. The summed E-state index contributed by atoms with van der Waals surface area (Å²) in [4.78, 5) is 15.1. The van der Waals surface area contributed by atoms with E-state index in [0.29, 0.717) is 12.8 Å². The van der Waals surface area contributed by atoms with Gasteiger partial charge in [0.1, 0.15) is 12.3 Å². The number of hydrogen-bond donors (Lipinski definition) is 0. The fourth-order valence-corrected chi connectivity index (χ4v) is 4.43. The van der Waals surface area contributed by atoms with E-state index in [-0.39, 0.29) is 30.0 Å². The van der Waals surface area contributed by atoms with Gasteiger partial charge in [-0.15, -0.1) is 0 Å². The predicted molar refractivity (Wildman–Crippen MR) is 105 cm³/mol. The van der Waals surface area contributed by atoms with Crippen LogP contribution in [0.2, 0.25) is 0 Å². The number of allylic oxidation sites excluding steroid dienone is 4. The van der Waals surface area contributed by atoms with Crippen molar-refractivity contribution < 1.29 is 18.7 Å². The first-order valence-corrected chi connectivity index (χ1v) is 9.99. The Morgan fingerprint density at radius 1 is 1.36 bits per heavy atom. The average Bonchev–Trinajstić information content (AvgIpc) is 3.23. The molecule has 0 radical (unpaired) electrons. The van der Waals surface area contributed by atoms with Crippen LogP contribution in [0.4, 0.5) is 4.39 Å². The Bertz CT molecular complexity index is 810. The van der Waals surface area contributed by atoms with Crippen molar-refractivity contribution in [2.24, 2.45) is 0 Å². The molecule has 148 valence electrons. The van der Waals surface area contributed by atoms with E-state index in [1.54, 1.807) is 6.08 Å². The molecule has 4 nitrogen and oxygen atoms in total. The molecule has 0 N–H and O–H groups in total. The second-order valence-electron chi connectivity index (χ2n) is 7.66. The molecule has 1 aromatic rings. The molecule has 2 unspecified atom stereocenters. The summed E-state index contributed by atoms with van der Waals surface area (Å²) in [5, 5.41) is 0. The fraction of sp³-hybridized carbons (Fsp3) is 0.435. The first-order valence-electron chi connectivity index (χ1n) is 9.99. The quantitative estimate of drug-likeness (QED) is 0.515. The summed E-state index contributed by atoms with van der Waals surface area (Å²) in [6.45, 7) is 5.44. The fourth-order valence-electron chi connectivity index (χ4n) is 4.43. The van der Waals surface area contributed by atoms with Crippen molar-refractivity contribution in [3.63, 3.8) is 0 Å². The van der Waals surface area contributed by atoms with Gasteiger partial charge in [0, 0.05) is 12.8 Å². The monoisotopic (exact) mass is 383 g/mol. The maximum atomic E-state index is 14.0. The lowest BCUT2D eigenvalue weighted by molar-refractivity contribution is -0.168. The molecule has 28 heavy (non-hydrogen) atoms. The average molecular weight is 383 g/mol.